The van der Waals surface area contributed by atoms with Gasteiger partial charge >= 0.3 is 0 Å². The lowest BCUT2D eigenvalue weighted by atomic mass is 9.92. The Kier molecular flexibility index (Phi) is 5.94. The predicted octanol–water partition coefficient (Wildman–Crippen LogP) is 0.783. The fraction of sp³-hybridized carbons (Fsp3) is 0.688. The second-order valence-electron chi connectivity index (χ2n) is 6.64. The molecule has 10 heteroatoms. The number of nitrogens with two attached hydrogens (primary N) is 1. The van der Waals surface area contributed by atoms with Crippen LogP contribution in [0.5, 0.6) is 0 Å². The van der Waals surface area contributed by atoms with Crippen LogP contribution in [0.4, 0.5) is 0 Å². The Balaban J connectivity index is 1.57. The van der Waals surface area contributed by atoms with E-state index in [9.17, 15) is 4.79 Å². The maximum absolute atomic E-state index is 12.4. The van der Waals surface area contributed by atoms with Crippen LogP contribution in [0.1, 0.15) is 66.9 Å². The molecule has 2 aromatic heterocycles. The second-order valence-corrected chi connectivity index (χ2v) is 6.64. The molecule has 0 radical (unpaired) electrons. The Morgan fingerprint density at radius 3 is 2.96 bits per heavy atom. The number of hydrogen-bond acceptors (Lipinski definition) is 8. The molecule has 26 heavy (non-hydrogen) atoms. The molecule has 1 saturated carbocycles. The predicted molar refractivity (Wildman–Crippen MR) is 91.3 cm³/mol. The molecule has 2 aromatic rings. The van der Waals surface area contributed by atoms with Gasteiger partial charge in [0.2, 0.25) is 5.89 Å². The first-order valence-corrected chi connectivity index (χ1v) is 8.86. The van der Waals surface area contributed by atoms with Crippen molar-refractivity contribution in [1.82, 2.24) is 30.5 Å². The summed E-state index contributed by atoms with van der Waals surface area (Å²) < 4.78 is 11.9. The number of methoxy groups -OCH3 is 1. The van der Waals surface area contributed by atoms with Crippen molar-refractivity contribution >= 4 is 5.91 Å². The molecular formula is C16H25N7O3. The van der Waals surface area contributed by atoms with Gasteiger partial charge in [0.25, 0.3) is 5.91 Å². The number of aromatic nitrogens is 5. The first kappa shape index (κ1) is 18.5. The van der Waals surface area contributed by atoms with Crippen molar-refractivity contribution in [3.63, 3.8) is 0 Å². The van der Waals surface area contributed by atoms with Gasteiger partial charge in [-0.25, -0.2) is 4.68 Å². The fourth-order valence-corrected chi connectivity index (χ4v) is 3.00. The van der Waals surface area contributed by atoms with Gasteiger partial charge < -0.3 is 20.3 Å². The van der Waals surface area contributed by atoms with Crippen molar-refractivity contribution in [2.75, 3.05) is 13.7 Å². The van der Waals surface area contributed by atoms with Crippen LogP contribution in [0.15, 0.2) is 10.7 Å². The van der Waals surface area contributed by atoms with Crippen LogP contribution in [-0.2, 0) is 11.2 Å². The molecule has 3 N–H and O–H groups in total. The summed E-state index contributed by atoms with van der Waals surface area (Å²) in [6.07, 6.45) is 6.07. The minimum Gasteiger partial charge on any atom is -0.384 e. The molecule has 0 spiro atoms. The van der Waals surface area contributed by atoms with Gasteiger partial charge in [-0.3, -0.25) is 4.79 Å². The largest absolute Gasteiger partial charge is 0.384 e. The van der Waals surface area contributed by atoms with E-state index in [4.69, 9.17) is 15.0 Å². The minimum absolute atomic E-state index is 0.251. The van der Waals surface area contributed by atoms with Crippen molar-refractivity contribution in [1.29, 1.82) is 0 Å². The van der Waals surface area contributed by atoms with Gasteiger partial charge in [-0.1, -0.05) is 10.4 Å². The third-order valence-corrected chi connectivity index (χ3v) is 4.59. The highest BCUT2D eigenvalue weighted by Gasteiger charge is 2.23. The van der Waals surface area contributed by atoms with Crippen LogP contribution < -0.4 is 11.1 Å². The first-order valence-electron chi connectivity index (χ1n) is 8.86. The van der Waals surface area contributed by atoms with Crippen molar-refractivity contribution < 1.29 is 14.1 Å². The molecule has 0 saturated heterocycles. The van der Waals surface area contributed by atoms with E-state index in [-0.39, 0.29) is 23.7 Å². The molecule has 0 bridgehead atoms. The number of carbonyl (C=O) groups excluding carboxylic acids is 1. The maximum atomic E-state index is 12.4. The minimum atomic E-state index is -0.427. The van der Waals surface area contributed by atoms with E-state index in [2.05, 4.69) is 25.8 Å². The molecule has 1 aliphatic rings. The van der Waals surface area contributed by atoms with E-state index in [1.165, 1.54) is 0 Å². The summed E-state index contributed by atoms with van der Waals surface area (Å²) in [6.45, 7) is 2.29. The standard InChI is InChI=1S/C16H25N7O3/c1-10(16-19-14(21-26-16)7-8-25-2)18-15(24)13-9-23(22-20-13)12-5-3-11(17)4-6-12/h9-12H,3-8,17H2,1-2H3,(H,18,24)/t10-,11?,12?/m0/s1. The summed E-state index contributed by atoms with van der Waals surface area (Å²) >= 11 is 0. The van der Waals surface area contributed by atoms with E-state index in [0.29, 0.717) is 24.7 Å². The monoisotopic (exact) mass is 363 g/mol. The van der Waals surface area contributed by atoms with Crippen LogP contribution in [0.25, 0.3) is 0 Å². The molecule has 1 fully saturated rings. The van der Waals surface area contributed by atoms with Crippen molar-refractivity contribution in [3.05, 3.63) is 23.6 Å². The van der Waals surface area contributed by atoms with Crippen LogP contribution in [0, 0.1) is 0 Å². The van der Waals surface area contributed by atoms with Crippen LogP contribution in [-0.4, -0.2) is 50.8 Å². The average Bonchev–Trinajstić information content (AvgIpc) is 3.30. The smallest absolute Gasteiger partial charge is 0.274 e. The van der Waals surface area contributed by atoms with Gasteiger partial charge in [-0.05, 0) is 32.6 Å². The normalized spacial score (nSPS) is 21.5. The van der Waals surface area contributed by atoms with Gasteiger partial charge in [0.1, 0.15) is 6.04 Å². The van der Waals surface area contributed by atoms with Gasteiger partial charge in [-0.15, -0.1) is 5.10 Å². The quantitative estimate of drug-likeness (QED) is 0.737. The number of nitrogens with one attached hydrogen (secondary N) is 1. The highest BCUT2D eigenvalue weighted by molar-refractivity contribution is 5.92. The summed E-state index contributed by atoms with van der Waals surface area (Å²) in [4.78, 5) is 16.7. The van der Waals surface area contributed by atoms with Crippen LogP contribution >= 0.6 is 0 Å². The van der Waals surface area contributed by atoms with E-state index in [0.717, 1.165) is 25.7 Å². The SMILES string of the molecule is COCCc1noc([C@H](C)NC(=O)c2cn(C3CCC(N)CC3)nn2)n1. The molecule has 0 unspecified atom stereocenters. The Hall–Kier alpha value is -2.33. The molecule has 10 nitrogen and oxygen atoms in total. The number of nitrogens with zero attached hydrogens (tertiary/aromatic N) is 5. The zero-order chi connectivity index (χ0) is 18.5. The lowest BCUT2D eigenvalue weighted by Crippen LogP contribution is -2.28. The Labute approximate surface area is 151 Å². The molecule has 1 atom stereocenters. The summed E-state index contributed by atoms with van der Waals surface area (Å²) in [5.74, 6) is 0.565. The Morgan fingerprint density at radius 2 is 2.23 bits per heavy atom. The highest BCUT2D eigenvalue weighted by atomic mass is 16.5. The highest BCUT2D eigenvalue weighted by Crippen LogP contribution is 2.26. The number of ether oxygens (including phenoxy) is 1. The van der Waals surface area contributed by atoms with Crippen molar-refractivity contribution in [2.24, 2.45) is 5.73 Å². The van der Waals surface area contributed by atoms with Gasteiger partial charge in [0.05, 0.1) is 18.8 Å². The van der Waals surface area contributed by atoms with Crippen molar-refractivity contribution in [3.8, 4) is 0 Å². The lowest BCUT2D eigenvalue weighted by Gasteiger charge is -2.25. The summed E-state index contributed by atoms with van der Waals surface area (Å²) in [5, 5.41) is 14.8. The number of carbonyl (C=O) groups is 1. The Bertz CT molecular complexity index is 721. The molecule has 0 aromatic carbocycles. The summed E-state index contributed by atoms with van der Waals surface area (Å²) in [7, 11) is 1.61. The molecule has 1 amide bonds. The van der Waals surface area contributed by atoms with E-state index in [1.807, 2.05) is 0 Å². The van der Waals surface area contributed by atoms with Gasteiger partial charge in [0, 0.05) is 19.6 Å². The molecule has 3 rings (SSSR count). The zero-order valence-electron chi connectivity index (χ0n) is 15.1. The average molecular weight is 363 g/mol. The second kappa shape index (κ2) is 8.37. The number of amides is 1. The van der Waals surface area contributed by atoms with Gasteiger partial charge in [-0.2, -0.15) is 4.98 Å². The van der Waals surface area contributed by atoms with Gasteiger partial charge in [0.15, 0.2) is 11.5 Å². The topological polar surface area (TPSA) is 134 Å². The van der Waals surface area contributed by atoms with E-state index < -0.39 is 6.04 Å². The number of rotatable bonds is 7. The van der Waals surface area contributed by atoms with Crippen molar-refractivity contribution in [2.45, 2.75) is 57.2 Å². The molecule has 1 aliphatic carbocycles. The van der Waals surface area contributed by atoms with Crippen LogP contribution in [0.3, 0.4) is 0 Å². The maximum Gasteiger partial charge on any atom is 0.274 e. The molecule has 2 heterocycles. The lowest BCUT2D eigenvalue weighted by molar-refractivity contribution is 0.0927. The molecule has 142 valence electrons. The Morgan fingerprint density at radius 1 is 1.46 bits per heavy atom. The first-order chi connectivity index (χ1) is 12.6. The molecular weight excluding hydrogens is 338 g/mol. The number of hydrogen-bond donors (Lipinski definition) is 2. The third-order valence-electron chi connectivity index (χ3n) is 4.59. The van der Waals surface area contributed by atoms with E-state index in [1.54, 1.807) is 24.9 Å². The molecule has 0 aliphatic heterocycles. The third kappa shape index (κ3) is 4.44. The van der Waals surface area contributed by atoms with E-state index >= 15 is 0 Å². The van der Waals surface area contributed by atoms with Crippen LogP contribution in [0.2, 0.25) is 0 Å². The summed E-state index contributed by atoms with van der Waals surface area (Å²) in [5.41, 5.74) is 6.20. The fourth-order valence-electron chi connectivity index (χ4n) is 3.00. The zero-order valence-corrected chi connectivity index (χ0v) is 15.1. The summed E-state index contributed by atoms with van der Waals surface area (Å²) in [6, 6.07) is 0.0891.